The SMILES string of the molecule is Cc1cccc(C)c1N1c2cc3c(cc2B2c4sc5ccc(CC6CC7CC(C)CC6C7)cc5c4N(c4ccccc4)c4cccc1c42)C(C)(C)CCC3(C)C. The minimum Gasteiger partial charge on any atom is -0.311 e. The fraction of sp³-hybridized carbons (Fsp3) is 0.385. The van der Waals surface area contributed by atoms with E-state index in [0.717, 1.165) is 23.7 Å². The quantitative estimate of drug-likeness (QED) is 0.165. The minimum absolute atomic E-state index is 0.111. The Labute approximate surface area is 339 Å². The van der Waals surface area contributed by atoms with Crippen LogP contribution in [-0.2, 0) is 17.3 Å². The molecule has 3 heterocycles. The van der Waals surface area contributed by atoms with Crippen molar-refractivity contribution in [2.75, 3.05) is 9.80 Å². The number of hydrogen-bond donors (Lipinski definition) is 0. The number of benzene rings is 5. The molecule has 0 amide bonds. The molecule has 2 fully saturated rings. The summed E-state index contributed by atoms with van der Waals surface area (Å²) in [4.78, 5) is 5.29. The third kappa shape index (κ3) is 5.13. The first-order chi connectivity index (χ1) is 27.0. The number of rotatable bonds is 4. The van der Waals surface area contributed by atoms with Gasteiger partial charge in [-0.3, -0.25) is 0 Å². The van der Waals surface area contributed by atoms with E-state index >= 15 is 0 Å². The Bertz CT molecular complexity index is 2540. The van der Waals surface area contributed by atoms with Gasteiger partial charge in [-0.2, -0.15) is 0 Å². The lowest BCUT2D eigenvalue weighted by atomic mass is 9.35. The molecule has 3 aliphatic carbocycles. The molecule has 1 aromatic heterocycles. The van der Waals surface area contributed by atoms with Crippen molar-refractivity contribution in [2.24, 2.45) is 23.7 Å². The van der Waals surface area contributed by atoms with E-state index in [-0.39, 0.29) is 17.5 Å². The summed E-state index contributed by atoms with van der Waals surface area (Å²) in [5, 5.41) is 1.43. The number of hydrogen-bond acceptors (Lipinski definition) is 3. The van der Waals surface area contributed by atoms with Crippen LogP contribution in [0.15, 0.2) is 97.1 Å². The number of nitrogens with zero attached hydrogens (tertiary/aromatic N) is 2. The Morgan fingerprint density at radius 3 is 2.12 bits per heavy atom. The predicted molar refractivity (Wildman–Crippen MR) is 242 cm³/mol. The Balaban J connectivity index is 1.18. The predicted octanol–water partition coefficient (Wildman–Crippen LogP) is 12.6. The van der Waals surface area contributed by atoms with Gasteiger partial charge in [0.2, 0.25) is 0 Å². The molecule has 0 N–H and O–H groups in total. The molecular weight excluding hydrogens is 695 g/mol. The summed E-state index contributed by atoms with van der Waals surface area (Å²) >= 11 is 2.05. The van der Waals surface area contributed by atoms with Gasteiger partial charge >= 0.3 is 0 Å². The van der Waals surface area contributed by atoms with Crippen LogP contribution >= 0.6 is 11.3 Å². The summed E-state index contributed by atoms with van der Waals surface area (Å²) < 4.78 is 2.90. The molecule has 2 saturated carbocycles. The van der Waals surface area contributed by atoms with Gasteiger partial charge in [-0.15, -0.1) is 11.3 Å². The maximum Gasteiger partial charge on any atom is 0.264 e. The topological polar surface area (TPSA) is 6.48 Å². The molecule has 0 saturated heterocycles. The van der Waals surface area contributed by atoms with Crippen LogP contribution in [0.4, 0.5) is 34.1 Å². The molecule has 4 heteroatoms. The Morgan fingerprint density at radius 1 is 0.679 bits per heavy atom. The largest absolute Gasteiger partial charge is 0.311 e. The van der Waals surface area contributed by atoms with Crippen molar-refractivity contribution >= 4 is 78.0 Å². The molecule has 5 aromatic carbocycles. The molecule has 0 spiro atoms. The van der Waals surface area contributed by atoms with Crippen LogP contribution < -0.4 is 25.5 Å². The molecule has 0 radical (unpaired) electrons. The molecular formula is C52H55BN2S. The van der Waals surface area contributed by atoms with Crippen molar-refractivity contribution in [1.29, 1.82) is 0 Å². The average Bonchev–Trinajstić information content (AvgIpc) is 3.69. The molecule has 5 aliphatic rings. The smallest absolute Gasteiger partial charge is 0.264 e. The van der Waals surface area contributed by atoms with Gasteiger partial charge in [0.1, 0.15) is 0 Å². The normalized spacial score (nSPS) is 23.8. The highest BCUT2D eigenvalue weighted by Gasteiger charge is 2.48. The second-order valence-corrected chi connectivity index (χ2v) is 21.0. The van der Waals surface area contributed by atoms with E-state index in [2.05, 4.69) is 155 Å². The highest BCUT2D eigenvalue weighted by molar-refractivity contribution is 7.33. The second kappa shape index (κ2) is 12.4. The van der Waals surface area contributed by atoms with Gasteiger partial charge < -0.3 is 9.80 Å². The zero-order chi connectivity index (χ0) is 38.2. The van der Waals surface area contributed by atoms with Crippen LogP contribution in [0.25, 0.3) is 10.1 Å². The number of aryl methyl sites for hydroxylation is 2. The average molecular weight is 751 g/mol. The summed E-state index contributed by atoms with van der Waals surface area (Å²) in [7, 11) is 0. The third-order valence-electron chi connectivity index (χ3n) is 15.2. The van der Waals surface area contributed by atoms with E-state index < -0.39 is 0 Å². The van der Waals surface area contributed by atoms with E-state index in [0.29, 0.717) is 0 Å². The Morgan fingerprint density at radius 2 is 1.38 bits per heavy atom. The van der Waals surface area contributed by atoms with E-state index in [1.54, 1.807) is 5.56 Å². The van der Waals surface area contributed by atoms with Gasteiger partial charge in [0.05, 0.1) is 11.4 Å². The summed E-state index contributed by atoms with van der Waals surface area (Å²) in [6.45, 7) is 17.2. The number of para-hydroxylation sites is 2. The fourth-order valence-electron chi connectivity index (χ4n) is 12.5. The zero-order valence-corrected chi connectivity index (χ0v) is 35.2. The van der Waals surface area contributed by atoms with E-state index in [1.807, 2.05) is 11.3 Å². The maximum atomic E-state index is 2.69. The molecule has 4 unspecified atom stereocenters. The summed E-state index contributed by atoms with van der Waals surface area (Å²) in [5.74, 6) is 3.57. The van der Waals surface area contributed by atoms with Crippen LogP contribution in [-0.4, -0.2) is 6.71 Å². The van der Waals surface area contributed by atoms with Gasteiger partial charge in [-0.1, -0.05) is 89.2 Å². The van der Waals surface area contributed by atoms with E-state index in [1.165, 1.54) is 127 Å². The van der Waals surface area contributed by atoms with Gasteiger partial charge in [0.25, 0.3) is 6.71 Å². The highest BCUT2D eigenvalue weighted by Crippen LogP contribution is 2.53. The van der Waals surface area contributed by atoms with E-state index in [9.17, 15) is 0 Å². The first-order valence-corrected chi connectivity index (χ1v) is 22.4. The Kier molecular flexibility index (Phi) is 7.71. The number of anilines is 6. The molecule has 6 aromatic rings. The van der Waals surface area contributed by atoms with E-state index in [4.69, 9.17) is 0 Å². The third-order valence-corrected chi connectivity index (χ3v) is 16.4. The first kappa shape index (κ1) is 34.9. The lowest BCUT2D eigenvalue weighted by Gasteiger charge is -2.47. The highest BCUT2D eigenvalue weighted by atomic mass is 32.1. The number of fused-ring (bicyclic) bond motifs is 9. The van der Waals surface area contributed by atoms with Gasteiger partial charge in [-0.05, 0) is 175 Å². The van der Waals surface area contributed by atoms with Crippen molar-refractivity contribution in [2.45, 2.75) is 104 Å². The first-order valence-electron chi connectivity index (χ1n) is 21.6. The van der Waals surface area contributed by atoms with Gasteiger partial charge in [0, 0.05) is 37.6 Å². The molecule has 282 valence electrons. The zero-order valence-electron chi connectivity index (χ0n) is 34.4. The molecule has 2 nitrogen and oxygen atoms in total. The van der Waals surface area contributed by atoms with Crippen molar-refractivity contribution in [1.82, 2.24) is 0 Å². The van der Waals surface area contributed by atoms with Crippen LogP contribution in [0.5, 0.6) is 0 Å². The Hall–Kier alpha value is -4.28. The molecule has 2 aliphatic heterocycles. The van der Waals surface area contributed by atoms with Crippen molar-refractivity contribution < 1.29 is 0 Å². The second-order valence-electron chi connectivity index (χ2n) is 19.9. The summed E-state index contributed by atoms with van der Waals surface area (Å²) in [6.07, 6.45) is 9.39. The minimum atomic E-state index is 0.111. The fourth-order valence-corrected chi connectivity index (χ4v) is 13.8. The van der Waals surface area contributed by atoms with Crippen molar-refractivity contribution in [3.05, 3.63) is 125 Å². The maximum absolute atomic E-state index is 2.69. The van der Waals surface area contributed by atoms with Gasteiger partial charge in [0.15, 0.2) is 0 Å². The summed E-state index contributed by atoms with van der Waals surface area (Å²) in [5.41, 5.74) is 18.3. The van der Waals surface area contributed by atoms with Crippen LogP contribution in [0, 0.1) is 37.5 Å². The van der Waals surface area contributed by atoms with Gasteiger partial charge in [-0.25, -0.2) is 0 Å². The monoisotopic (exact) mass is 750 g/mol. The van der Waals surface area contributed by atoms with Crippen LogP contribution in [0.1, 0.15) is 101 Å². The number of thiophene rings is 1. The van der Waals surface area contributed by atoms with Crippen molar-refractivity contribution in [3.63, 3.8) is 0 Å². The van der Waals surface area contributed by atoms with Crippen LogP contribution in [0.3, 0.4) is 0 Å². The van der Waals surface area contributed by atoms with Crippen molar-refractivity contribution in [3.8, 4) is 0 Å². The molecule has 2 bridgehead atoms. The standard InChI is InChI=1S/C52H55BN2S/c1-31-23-35-26-36(24-31)37(27-35)25-34-19-20-46-39(28-34)49-50(56-46)53-42-29-40-41(52(6,7)22-21-51(40,4)5)30-45(42)55(48-32(2)13-11-14-33(48)3)44-18-12-17-43(47(44)53)54(49)38-15-9-8-10-16-38/h8-20,28-31,35-37H,21-27H2,1-7H3. The molecule has 4 atom stereocenters. The molecule has 56 heavy (non-hydrogen) atoms. The lowest BCUT2D eigenvalue weighted by molar-refractivity contribution is 0.257. The summed E-state index contributed by atoms with van der Waals surface area (Å²) in [6, 6.07) is 38.1. The van der Waals surface area contributed by atoms with Crippen LogP contribution in [0.2, 0.25) is 0 Å². The molecule has 11 rings (SSSR count). The lowest BCUT2D eigenvalue weighted by Crippen LogP contribution is -2.61.